The second kappa shape index (κ2) is 7.44. The van der Waals surface area contributed by atoms with Gasteiger partial charge < -0.3 is 14.7 Å². The number of phenols is 1. The van der Waals surface area contributed by atoms with E-state index in [0.29, 0.717) is 24.8 Å². The molecule has 0 atom stereocenters. The summed E-state index contributed by atoms with van der Waals surface area (Å²) < 4.78 is 7.74. The standard InChI is InChI=1S/C19H22N2O4/c1-13(2)12-24-19-7-4-16(22)8-15(19)11-21-18-6-5-17(25-23-3)9-14(18)10-20-21/h4-10,13,22H,11-12H2,1-3H3. The fourth-order valence-electron chi connectivity index (χ4n) is 2.59. The molecule has 6 heteroatoms. The number of hydrogen-bond acceptors (Lipinski definition) is 5. The molecule has 0 radical (unpaired) electrons. The SMILES string of the molecule is COOc1ccc2c(cnn2Cc2cc(O)ccc2OCC(C)C)c1. The predicted molar refractivity (Wildman–Crippen MR) is 94.9 cm³/mol. The van der Waals surface area contributed by atoms with Crippen molar-refractivity contribution in [2.24, 2.45) is 5.92 Å². The first-order valence-corrected chi connectivity index (χ1v) is 8.17. The van der Waals surface area contributed by atoms with Crippen LogP contribution in [-0.2, 0) is 11.4 Å². The summed E-state index contributed by atoms with van der Waals surface area (Å²) in [6.45, 7) is 5.31. The highest BCUT2D eigenvalue weighted by atomic mass is 17.2. The average Bonchev–Trinajstić information content (AvgIpc) is 2.96. The van der Waals surface area contributed by atoms with Crippen molar-refractivity contribution in [2.45, 2.75) is 20.4 Å². The second-order valence-electron chi connectivity index (χ2n) is 6.27. The molecule has 0 aliphatic heterocycles. The monoisotopic (exact) mass is 342 g/mol. The van der Waals surface area contributed by atoms with Crippen LogP contribution in [0.5, 0.6) is 17.2 Å². The summed E-state index contributed by atoms with van der Waals surface area (Å²) in [6.07, 6.45) is 1.77. The summed E-state index contributed by atoms with van der Waals surface area (Å²) in [7, 11) is 1.47. The van der Waals surface area contributed by atoms with Crippen molar-refractivity contribution in [3.05, 3.63) is 48.2 Å². The van der Waals surface area contributed by atoms with Crippen molar-refractivity contribution in [3.8, 4) is 17.2 Å². The number of ether oxygens (including phenoxy) is 1. The number of phenolic OH excluding ortho intramolecular Hbond substituents is 1. The van der Waals surface area contributed by atoms with Crippen molar-refractivity contribution in [2.75, 3.05) is 13.7 Å². The Morgan fingerprint density at radius 3 is 2.76 bits per heavy atom. The Morgan fingerprint density at radius 2 is 2.00 bits per heavy atom. The van der Waals surface area contributed by atoms with E-state index in [2.05, 4.69) is 23.8 Å². The second-order valence-corrected chi connectivity index (χ2v) is 6.27. The normalized spacial score (nSPS) is 11.2. The van der Waals surface area contributed by atoms with Crippen LogP contribution < -0.4 is 9.62 Å². The van der Waals surface area contributed by atoms with E-state index in [1.54, 1.807) is 24.4 Å². The lowest BCUT2D eigenvalue weighted by Gasteiger charge is -2.14. The molecule has 25 heavy (non-hydrogen) atoms. The lowest BCUT2D eigenvalue weighted by molar-refractivity contribution is -0.178. The molecule has 0 unspecified atom stereocenters. The number of aromatic hydroxyl groups is 1. The highest BCUT2D eigenvalue weighted by Gasteiger charge is 2.11. The molecule has 2 aromatic carbocycles. The van der Waals surface area contributed by atoms with Gasteiger partial charge in [0.1, 0.15) is 11.5 Å². The number of aromatic nitrogens is 2. The van der Waals surface area contributed by atoms with Gasteiger partial charge in [-0.05, 0) is 42.3 Å². The average molecular weight is 342 g/mol. The van der Waals surface area contributed by atoms with Gasteiger partial charge in [0.25, 0.3) is 0 Å². The summed E-state index contributed by atoms with van der Waals surface area (Å²) in [6, 6.07) is 10.8. The quantitative estimate of drug-likeness (QED) is 0.523. The highest BCUT2D eigenvalue weighted by Crippen LogP contribution is 2.27. The number of rotatable bonds is 7. The van der Waals surface area contributed by atoms with Crippen LogP contribution in [0.3, 0.4) is 0 Å². The number of hydrogen-bond donors (Lipinski definition) is 1. The lowest BCUT2D eigenvalue weighted by Crippen LogP contribution is -2.08. The van der Waals surface area contributed by atoms with Crippen LogP contribution in [0.15, 0.2) is 42.6 Å². The van der Waals surface area contributed by atoms with E-state index in [1.807, 2.05) is 22.9 Å². The third-order valence-electron chi connectivity index (χ3n) is 3.73. The molecule has 0 aliphatic rings. The maximum Gasteiger partial charge on any atom is 0.166 e. The van der Waals surface area contributed by atoms with Gasteiger partial charge in [0.05, 0.1) is 32.0 Å². The van der Waals surface area contributed by atoms with Gasteiger partial charge in [0.15, 0.2) is 5.75 Å². The third-order valence-corrected chi connectivity index (χ3v) is 3.73. The molecule has 0 saturated heterocycles. The van der Waals surface area contributed by atoms with Gasteiger partial charge in [-0.3, -0.25) is 4.68 Å². The fraction of sp³-hybridized carbons (Fsp3) is 0.316. The summed E-state index contributed by atoms with van der Waals surface area (Å²) in [5.41, 5.74) is 1.84. The topological polar surface area (TPSA) is 65.7 Å². The first kappa shape index (κ1) is 17.1. The minimum Gasteiger partial charge on any atom is -0.508 e. The molecule has 6 nitrogen and oxygen atoms in total. The van der Waals surface area contributed by atoms with Crippen LogP contribution in [-0.4, -0.2) is 28.6 Å². The van der Waals surface area contributed by atoms with Crippen molar-refractivity contribution < 1.29 is 19.6 Å². The molecule has 0 bridgehead atoms. The van der Waals surface area contributed by atoms with E-state index < -0.39 is 0 Å². The fourth-order valence-corrected chi connectivity index (χ4v) is 2.59. The van der Waals surface area contributed by atoms with Gasteiger partial charge in [0, 0.05) is 10.9 Å². The lowest BCUT2D eigenvalue weighted by atomic mass is 10.1. The van der Waals surface area contributed by atoms with E-state index in [0.717, 1.165) is 22.2 Å². The Morgan fingerprint density at radius 1 is 1.16 bits per heavy atom. The van der Waals surface area contributed by atoms with E-state index >= 15 is 0 Å². The van der Waals surface area contributed by atoms with Gasteiger partial charge >= 0.3 is 0 Å². The zero-order chi connectivity index (χ0) is 17.8. The van der Waals surface area contributed by atoms with Crippen LogP contribution in [0.25, 0.3) is 10.9 Å². The Labute approximate surface area is 146 Å². The van der Waals surface area contributed by atoms with Gasteiger partial charge in [0.2, 0.25) is 0 Å². The maximum atomic E-state index is 9.84. The van der Waals surface area contributed by atoms with Gasteiger partial charge in [-0.25, -0.2) is 0 Å². The van der Waals surface area contributed by atoms with Crippen molar-refractivity contribution in [1.29, 1.82) is 0 Å². The van der Waals surface area contributed by atoms with E-state index in [-0.39, 0.29) is 5.75 Å². The van der Waals surface area contributed by atoms with E-state index in [9.17, 15) is 5.11 Å². The molecule has 1 aromatic heterocycles. The smallest absolute Gasteiger partial charge is 0.166 e. The Kier molecular flexibility index (Phi) is 5.09. The Balaban J connectivity index is 1.89. The predicted octanol–water partition coefficient (Wildman–Crippen LogP) is 3.77. The molecule has 3 aromatic rings. The van der Waals surface area contributed by atoms with Crippen LogP contribution in [0.2, 0.25) is 0 Å². The van der Waals surface area contributed by atoms with Crippen molar-refractivity contribution >= 4 is 10.9 Å². The summed E-state index contributed by atoms with van der Waals surface area (Å²) in [5, 5.41) is 15.2. The van der Waals surface area contributed by atoms with E-state index in [1.165, 1.54) is 7.11 Å². The maximum absolute atomic E-state index is 9.84. The first-order valence-electron chi connectivity index (χ1n) is 8.17. The number of benzene rings is 2. The molecule has 0 amide bonds. The summed E-state index contributed by atoms with van der Waals surface area (Å²) >= 11 is 0. The first-order chi connectivity index (χ1) is 12.1. The van der Waals surface area contributed by atoms with Gasteiger partial charge in [-0.1, -0.05) is 13.8 Å². The zero-order valence-corrected chi connectivity index (χ0v) is 14.6. The molecule has 0 aliphatic carbocycles. The van der Waals surface area contributed by atoms with Crippen LogP contribution in [0.4, 0.5) is 0 Å². The Hall–Kier alpha value is -2.73. The van der Waals surface area contributed by atoms with Crippen molar-refractivity contribution in [3.63, 3.8) is 0 Å². The summed E-state index contributed by atoms with van der Waals surface area (Å²) in [5.74, 6) is 2.01. The zero-order valence-electron chi connectivity index (χ0n) is 14.6. The molecule has 1 heterocycles. The van der Waals surface area contributed by atoms with E-state index in [4.69, 9.17) is 9.62 Å². The minimum atomic E-state index is 0.208. The minimum absolute atomic E-state index is 0.208. The Bertz CT molecular complexity index is 858. The largest absolute Gasteiger partial charge is 0.508 e. The van der Waals surface area contributed by atoms with Gasteiger partial charge in [-0.2, -0.15) is 9.99 Å². The van der Waals surface area contributed by atoms with Crippen LogP contribution in [0, 0.1) is 5.92 Å². The molecular weight excluding hydrogens is 320 g/mol. The molecule has 3 rings (SSSR count). The molecule has 0 fully saturated rings. The number of nitrogens with zero attached hydrogens (tertiary/aromatic N) is 2. The summed E-state index contributed by atoms with van der Waals surface area (Å²) in [4.78, 5) is 9.72. The molecule has 0 spiro atoms. The molecule has 0 saturated carbocycles. The van der Waals surface area contributed by atoms with Crippen LogP contribution >= 0.6 is 0 Å². The highest BCUT2D eigenvalue weighted by molar-refractivity contribution is 5.80. The molecule has 132 valence electrons. The van der Waals surface area contributed by atoms with Crippen LogP contribution in [0.1, 0.15) is 19.4 Å². The third kappa shape index (κ3) is 4.03. The number of fused-ring (bicyclic) bond motifs is 1. The molecular formula is C19H22N2O4. The van der Waals surface area contributed by atoms with Crippen molar-refractivity contribution in [1.82, 2.24) is 9.78 Å². The molecule has 1 N–H and O–H groups in total. The van der Waals surface area contributed by atoms with Gasteiger partial charge in [-0.15, -0.1) is 0 Å².